The fourth-order valence-electron chi connectivity index (χ4n) is 3.52. The first-order valence-corrected chi connectivity index (χ1v) is 9.66. The van der Waals surface area contributed by atoms with Crippen molar-refractivity contribution in [2.75, 3.05) is 31.1 Å². The van der Waals surface area contributed by atoms with Crippen molar-refractivity contribution in [2.24, 2.45) is 0 Å². The number of halogens is 2. The molecular weight excluding hydrogens is 444 g/mol. The Hall–Kier alpha value is -2.35. The van der Waals surface area contributed by atoms with E-state index in [4.69, 9.17) is 4.42 Å². The van der Waals surface area contributed by atoms with E-state index in [0.717, 1.165) is 41.6 Å². The van der Waals surface area contributed by atoms with Crippen molar-refractivity contribution in [3.8, 4) is 11.4 Å². The van der Waals surface area contributed by atoms with E-state index in [1.807, 2.05) is 30.3 Å². The van der Waals surface area contributed by atoms with E-state index < -0.39 is 0 Å². The molecular formula is C20H18BrClN4O2. The van der Waals surface area contributed by atoms with Gasteiger partial charge in [0, 0.05) is 47.3 Å². The van der Waals surface area contributed by atoms with Crippen LogP contribution in [0.2, 0.25) is 0 Å². The number of nitrogens with one attached hydrogen (secondary N) is 2. The minimum Gasteiger partial charge on any atom is -0.449 e. The molecule has 0 atom stereocenters. The molecule has 1 fully saturated rings. The zero-order valence-corrected chi connectivity index (χ0v) is 17.3. The van der Waals surface area contributed by atoms with Gasteiger partial charge in [0.25, 0.3) is 5.56 Å². The molecule has 3 heterocycles. The summed E-state index contributed by atoms with van der Waals surface area (Å²) >= 11 is 3.47. The fraction of sp³-hybridized carbons (Fsp3) is 0.200. The van der Waals surface area contributed by atoms with Crippen molar-refractivity contribution in [2.45, 2.75) is 0 Å². The van der Waals surface area contributed by atoms with Crippen molar-refractivity contribution in [3.63, 3.8) is 0 Å². The molecule has 0 amide bonds. The second kappa shape index (κ2) is 7.58. The highest BCUT2D eigenvalue weighted by Crippen LogP contribution is 2.29. The molecule has 8 heteroatoms. The molecule has 5 rings (SSSR count). The summed E-state index contributed by atoms with van der Waals surface area (Å²) in [5, 5.41) is 4.18. The van der Waals surface area contributed by atoms with Gasteiger partial charge in [-0.25, -0.2) is 4.98 Å². The first-order valence-electron chi connectivity index (χ1n) is 8.87. The number of aromatic nitrogens is 2. The van der Waals surface area contributed by atoms with E-state index in [9.17, 15) is 4.79 Å². The Morgan fingerprint density at radius 3 is 2.57 bits per heavy atom. The van der Waals surface area contributed by atoms with E-state index in [1.165, 1.54) is 5.69 Å². The summed E-state index contributed by atoms with van der Waals surface area (Å²) in [4.78, 5) is 22.4. The van der Waals surface area contributed by atoms with Crippen LogP contribution in [0.5, 0.6) is 0 Å². The van der Waals surface area contributed by atoms with Gasteiger partial charge in [0.2, 0.25) is 5.58 Å². The van der Waals surface area contributed by atoms with Crippen molar-refractivity contribution >= 4 is 56.1 Å². The molecule has 6 nitrogen and oxygen atoms in total. The predicted octanol–water partition coefficient (Wildman–Crippen LogP) is 3.93. The van der Waals surface area contributed by atoms with Gasteiger partial charge in [-0.15, -0.1) is 12.4 Å². The molecule has 1 saturated heterocycles. The maximum absolute atomic E-state index is 12.5. The summed E-state index contributed by atoms with van der Waals surface area (Å²) < 4.78 is 6.61. The van der Waals surface area contributed by atoms with Crippen LogP contribution in [0.4, 0.5) is 5.69 Å². The molecule has 1 aliphatic heterocycles. The second-order valence-electron chi connectivity index (χ2n) is 6.62. The molecule has 0 aliphatic carbocycles. The normalized spacial score (nSPS) is 14.4. The maximum atomic E-state index is 12.5. The lowest BCUT2D eigenvalue weighted by molar-refractivity contribution is 0.589. The van der Waals surface area contributed by atoms with Gasteiger partial charge in [-0.3, -0.25) is 4.79 Å². The molecule has 2 N–H and O–H groups in total. The summed E-state index contributed by atoms with van der Waals surface area (Å²) in [6, 6.07) is 13.8. The number of anilines is 1. The van der Waals surface area contributed by atoms with Crippen LogP contribution < -0.4 is 15.8 Å². The number of hydrogen-bond acceptors (Lipinski definition) is 5. The summed E-state index contributed by atoms with van der Waals surface area (Å²) in [7, 11) is 0. The second-order valence-corrected chi connectivity index (χ2v) is 7.53. The summed E-state index contributed by atoms with van der Waals surface area (Å²) in [5.41, 5.74) is 3.27. The van der Waals surface area contributed by atoms with Crippen LogP contribution in [0.15, 0.2) is 56.1 Å². The number of hydrogen-bond donors (Lipinski definition) is 2. The number of fused-ring (bicyclic) bond motifs is 3. The molecule has 2 aromatic carbocycles. The van der Waals surface area contributed by atoms with Crippen LogP contribution in [-0.2, 0) is 0 Å². The Morgan fingerprint density at radius 1 is 1.07 bits per heavy atom. The first-order chi connectivity index (χ1) is 13.2. The van der Waals surface area contributed by atoms with Crippen molar-refractivity contribution in [3.05, 3.63) is 57.3 Å². The highest BCUT2D eigenvalue weighted by Gasteiger charge is 2.15. The highest BCUT2D eigenvalue weighted by molar-refractivity contribution is 9.10. The maximum Gasteiger partial charge on any atom is 0.294 e. The van der Waals surface area contributed by atoms with E-state index in [-0.39, 0.29) is 23.5 Å². The Bertz CT molecular complexity index is 1200. The molecule has 144 valence electrons. The zero-order chi connectivity index (χ0) is 18.4. The van der Waals surface area contributed by atoms with Crippen LogP contribution in [0.1, 0.15) is 0 Å². The van der Waals surface area contributed by atoms with Gasteiger partial charge >= 0.3 is 0 Å². The number of benzene rings is 2. The van der Waals surface area contributed by atoms with Gasteiger partial charge in [-0.1, -0.05) is 15.9 Å². The Kier molecular flexibility index (Phi) is 5.14. The highest BCUT2D eigenvalue weighted by atomic mass is 79.9. The molecule has 0 saturated carbocycles. The number of rotatable bonds is 2. The molecule has 2 aromatic heterocycles. The number of aromatic amines is 1. The Morgan fingerprint density at radius 2 is 1.82 bits per heavy atom. The molecule has 1 aliphatic rings. The smallest absolute Gasteiger partial charge is 0.294 e. The SMILES string of the molecule is Cl.O=c1[nH]c(-c2ccc(N3CCNCC3)cc2)nc2c1oc1ccc(Br)cc12. The minimum atomic E-state index is -0.270. The summed E-state index contributed by atoms with van der Waals surface area (Å²) in [6.45, 7) is 3.99. The van der Waals surface area contributed by atoms with Crippen molar-refractivity contribution < 1.29 is 4.42 Å². The lowest BCUT2D eigenvalue weighted by Crippen LogP contribution is -2.43. The summed E-state index contributed by atoms with van der Waals surface area (Å²) in [5.74, 6) is 0.544. The van der Waals surface area contributed by atoms with Crippen LogP contribution in [0.3, 0.4) is 0 Å². The average Bonchev–Trinajstić information content (AvgIpc) is 3.07. The third-order valence-electron chi connectivity index (χ3n) is 4.91. The van der Waals surface area contributed by atoms with Gasteiger partial charge in [0.1, 0.15) is 16.9 Å². The van der Waals surface area contributed by atoms with Crippen LogP contribution >= 0.6 is 28.3 Å². The molecule has 0 bridgehead atoms. The molecule has 4 aromatic rings. The topological polar surface area (TPSA) is 74.2 Å². The fourth-order valence-corrected chi connectivity index (χ4v) is 3.88. The Balaban J connectivity index is 0.00000192. The zero-order valence-electron chi connectivity index (χ0n) is 14.9. The number of H-pyrrole nitrogens is 1. The van der Waals surface area contributed by atoms with Gasteiger partial charge in [-0.05, 0) is 42.5 Å². The third-order valence-corrected chi connectivity index (χ3v) is 5.40. The third kappa shape index (κ3) is 3.30. The van der Waals surface area contributed by atoms with Crippen molar-refractivity contribution in [1.29, 1.82) is 0 Å². The van der Waals surface area contributed by atoms with Crippen LogP contribution in [0.25, 0.3) is 33.5 Å². The van der Waals surface area contributed by atoms with Crippen LogP contribution in [-0.4, -0.2) is 36.1 Å². The van der Waals surface area contributed by atoms with Crippen molar-refractivity contribution in [1.82, 2.24) is 15.3 Å². The van der Waals surface area contributed by atoms with Gasteiger partial charge < -0.3 is 19.6 Å². The van der Waals surface area contributed by atoms with Gasteiger partial charge in [0.05, 0.1) is 0 Å². The van der Waals surface area contributed by atoms with Gasteiger partial charge in [-0.2, -0.15) is 0 Å². The quantitative estimate of drug-likeness (QED) is 0.473. The largest absolute Gasteiger partial charge is 0.449 e. The van der Waals surface area contributed by atoms with E-state index in [0.29, 0.717) is 16.9 Å². The predicted molar refractivity (Wildman–Crippen MR) is 118 cm³/mol. The average molecular weight is 462 g/mol. The molecule has 0 radical (unpaired) electrons. The summed E-state index contributed by atoms with van der Waals surface area (Å²) in [6.07, 6.45) is 0. The first kappa shape index (κ1) is 19.0. The van der Waals surface area contributed by atoms with E-state index in [2.05, 4.69) is 48.2 Å². The Labute approximate surface area is 175 Å². The molecule has 28 heavy (non-hydrogen) atoms. The lowest BCUT2D eigenvalue weighted by atomic mass is 10.1. The number of piperazine rings is 1. The molecule has 0 unspecified atom stereocenters. The lowest BCUT2D eigenvalue weighted by Gasteiger charge is -2.29. The minimum absolute atomic E-state index is 0. The number of furan rings is 1. The van der Waals surface area contributed by atoms with Crippen LogP contribution in [0, 0.1) is 0 Å². The monoisotopic (exact) mass is 460 g/mol. The molecule has 0 spiro atoms. The van der Waals surface area contributed by atoms with Gasteiger partial charge in [0.15, 0.2) is 0 Å². The van der Waals surface area contributed by atoms with E-state index in [1.54, 1.807) is 0 Å². The number of nitrogens with zero attached hydrogens (tertiary/aromatic N) is 2. The van der Waals surface area contributed by atoms with E-state index >= 15 is 0 Å². The standard InChI is InChI=1S/C20H17BrN4O2.ClH/c21-13-3-6-16-15(11-13)17-18(27-16)20(26)24-19(23-17)12-1-4-14(5-2-12)25-9-7-22-8-10-25;/h1-6,11,22H,7-10H2,(H,23,24,26);1H.